The Balaban J connectivity index is 2.51. The molecule has 100 valence electrons. The Morgan fingerprint density at radius 1 is 0.947 bits per heavy atom. The molecule has 1 N–H and O–H groups in total. The molecular formula is C15H14F3N. The number of nitrogens with one attached hydrogen (secondary N) is 1. The molecule has 0 saturated heterocycles. The molecule has 19 heavy (non-hydrogen) atoms. The van der Waals surface area contributed by atoms with E-state index >= 15 is 0 Å². The van der Waals surface area contributed by atoms with Gasteiger partial charge in [0.2, 0.25) is 0 Å². The van der Waals surface area contributed by atoms with Gasteiger partial charge in [-0.1, -0.05) is 25.1 Å². The molecule has 4 heteroatoms. The molecule has 0 aliphatic heterocycles. The maximum atomic E-state index is 13.8. The Kier molecular flexibility index (Phi) is 4.22. The number of rotatable bonds is 4. The summed E-state index contributed by atoms with van der Waals surface area (Å²) in [6, 6.07) is 8.57. The predicted molar refractivity (Wildman–Crippen MR) is 68.3 cm³/mol. The summed E-state index contributed by atoms with van der Waals surface area (Å²) in [6.07, 6.45) is 0. The highest BCUT2D eigenvalue weighted by Gasteiger charge is 2.20. The summed E-state index contributed by atoms with van der Waals surface area (Å²) in [5, 5.41) is 2.98. The highest BCUT2D eigenvalue weighted by Crippen LogP contribution is 2.27. The van der Waals surface area contributed by atoms with E-state index in [0.29, 0.717) is 12.1 Å². The van der Waals surface area contributed by atoms with Gasteiger partial charge in [0, 0.05) is 11.1 Å². The van der Waals surface area contributed by atoms with E-state index in [1.54, 1.807) is 18.2 Å². The molecule has 0 bridgehead atoms. The maximum Gasteiger partial charge on any atom is 0.128 e. The van der Waals surface area contributed by atoms with Gasteiger partial charge in [-0.3, -0.25) is 0 Å². The molecule has 0 heterocycles. The summed E-state index contributed by atoms with van der Waals surface area (Å²) in [7, 11) is 0. The van der Waals surface area contributed by atoms with Crippen molar-refractivity contribution in [1.29, 1.82) is 0 Å². The van der Waals surface area contributed by atoms with E-state index in [4.69, 9.17) is 0 Å². The lowest BCUT2D eigenvalue weighted by molar-refractivity contribution is 0.522. The van der Waals surface area contributed by atoms with Gasteiger partial charge in [-0.25, -0.2) is 13.2 Å². The zero-order valence-corrected chi connectivity index (χ0v) is 10.5. The molecule has 2 aromatic rings. The van der Waals surface area contributed by atoms with Crippen LogP contribution in [0.25, 0.3) is 0 Å². The molecule has 2 rings (SSSR count). The third-order valence-corrected chi connectivity index (χ3v) is 2.89. The first kappa shape index (κ1) is 13.6. The standard InChI is InChI=1S/C15H14F3N/c1-2-19-15(11-5-3-4-6-13(11)17)12-9-10(16)7-8-14(12)18/h3-9,15,19H,2H2,1H3. The first-order chi connectivity index (χ1) is 9.13. The van der Waals surface area contributed by atoms with Crippen molar-refractivity contribution in [2.24, 2.45) is 0 Å². The molecule has 0 spiro atoms. The summed E-state index contributed by atoms with van der Waals surface area (Å²) >= 11 is 0. The van der Waals surface area contributed by atoms with E-state index in [2.05, 4.69) is 5.32 Å². The molecular weight excluding hydrogens is 251 g/mol. The zero-order chi connectivity index (χ0) is 13.8. The van der Waals surface area contributed by atoms with Crippen molar-refractivity contribution in [2.75, 3.05) is 6.54 Å². The van der Waals surface area contributed by atoms with Crippen LogP contribution in [0.4, 0.5) is 13.2 Å². The Morgan fingerprint density at radius 2 is 1.63 bits per heavy atom. The average molecular weight is 265 g/mol. The summed E-state index contributed by atoms with van der Waals surface area (Å²) in [4.78, 5) is 0. The van der Waals surface area contributed by atoms with Gasteiger partial charge in [0.1, 0.15) is 17.5 Å². The number of hydrogen-bond acceptors (Lipinski definition) is 1. The molecule has 0 aromatic heterocycles. The van der Waals surface area contributed by atoms with Gasteiger partial charge >= 0.3 is 0 Å². The SMILES string of the molecule is CCNC(c1ccccc1F)c1cc(F)ccc1F. The van der Waals surface area contributed by atoms with Crippen LogP contribution in [0.3, 0.4) is 0 Å². The third kappa shape index (κ3) is 2.96. The molecule has 1 atom stereocenters. The number of halogens is 3. The van der Waals surface area contributed by atoms with Crippen LogP contribution in [-0.4, -0.2) is 6.54 Å². The van der Waals surface area contributed by atoms with Crippen molar-refractivity contribution < 1.29 is 13.2 Å². The second-order valence-corrected chi connectivity index (χ2v) is 4.18. The van der Waals surface area contributed by atoms with Crippen LogP contribution in [0, 0.1) is 17.5 Å². The van der Waals surface area contributed by atoms with Crippen molar-refractivity contribution in [1.82, 2.24) is 5.32 Å². The number of benzene rings is 2. The van der Waals surface area contributed by atoms with E-state index in [1.165, 1.54) is 6.07 Å². The Bertz CT molecular complexity index is 569. The van der Waals surface area contributed by atoms with Crippen LogP contribution in [0.15, 0.2) is 42.5 Å². The van der Waals surface area contributed by atoms with Crippen LogP contribution in [0.2, 0.25) is 0 Å². The quantitative estimate of drug-likeness (QED) is 0.886. The van der Waals surface area contributed by atoms with Crippen LogP contribution < -0.4 is 5.32 Å². The summed E-state index contributed by atoms with van der Waals surface area (Å²) in [5.41, 5.74) is 0.404. The van der Waals surface area contributed by atoms with Gasteiger partial charge in [0.15, 0.2) is 0 Å². The first-order valence-electron chi connectivity index (χ1n) is 6.06. The largest absolute Gasteiger partial charge is 0.306 e. The minimum Gasteiger partial charge on any atom is -0.306 e. The van der Waals surface area contributed by atoms with Crippen molar-refractivity contribution in [3.05, 3.63) is 71.0 Å². The fourth-order valence-corrected chi connectivity index (χ4v) is 2.04. The number of hydrogen-bond donors (Lipinski definition) is 1. The second kappa shape index (κ2) is 5.89. The van der Waals surface area contributed by atoms with Gasteiger partial charge < -0.3 is 5.32 Å². The highest BCUT2D eigenvalue weighted by atomic mass is 19.1. The van der Waals surface area contributed by atoms with Gasteiger partial charge in [0.25, 0.3) is 0 Å². The van der Waals surface area contributed by atoms with Crippen molar-refractivity contribution >= 4 is 0 Å². The topological polar surface area (TPSA) is 12.0 Å². The van der Waals surface area contributed by atoms with Crippen molar-refractivity contribution in [2.45, 2.75) is 13.0 Å². The third-order valence-electron chi connectivity index (χ3n) is 2.89. The normalized spacial score (nSPS) is 12.4. The van der Waals surface area contributed by atoms with Gasteiger partial charge in [-0.15, -0.1) is 0 Å². The Morgan fingerprint density at radius 3 is 2.32 bits per heavy atom. The fraction of sp³-hybridized carbons (Fsp3) is 0.200. The lowest BCUT2D eigenvalue weighted by atomic mass is 9.97. The summed E-state index contributed by atoms with van der Waals surface area (Å²) in [6.45, 7) is 2.33. The lowest BCUT2D eigenvalue weighted by Gasteiger charge is -2.20. The smallest absolute Gasteiger partial charge is 0.128 e. The van der Waals surface area contributed by atoms with E-state index in [9.17, 15) is 13.2 Å². The van der Waals surface area contributed by atoms with Crippen molar-refractivity contribution in [3.63, 3.8) is 0 Å². The predicted octanol–water partition coefficient (Wildman–Crippen LogP) is 3.80. The second-order valence-electron chi connectivity index (χ2n) is 4.18. The summed E-state index contributed by atoms with van der Waals surface area (Å²) in [5.74, 6) is -1.55. The molecule has 0 aliphatic rings. The molecule has 0 aliphatic carbocycles. The van der Waals surface area contributed by atoms with Crippen LogP contribution in [-0.2, 0) is 0 Å². The maximum absolute atomic E-state index is 13.8. The Hall–Kier alpha value is -1.81. The van der Waals surface area contributed by atoms with E-state index in [1.807, 2.05) is 6.92 Å². The van der Waals surface area contributed by atoms with E-state index in [-0.39, 0.29) is 5.56 Å². The summed E-state index contributed by atoms with van der Waals surface area (Å²) < 4.78 is 40.9. The Labute approximate surface area is 110 Å². The minimum atomic E-state index is -0.707. The molecule has 2 aromatic carbocycles. The average Bonchev–Trinajstić information content (AvgIpc) is 2.40. The minimum absolute atomic E-state index is 0.104. The van der Waals surface area contributed by atoms with E-state index in [0.717, 1.165) is 18.2 Å². The van der Waals surface area contributed by atoms with Crippen LogP contribution in [0.1, 0.15) is 24.1 Å². The van der Waals surface area contributed by atoms with Gasteiger partial charge in [-0.2, -0.15) is 0 Å². The monoisotopic (exact) mass is 265 g/mol. The molecule has 1 unspecified atom stereocenters. The van der Waals surface area contributed by atoms with Gasteiger partial charge in [0.05, 0.1) is 6.04 Å². The van der Waals surface area contributed by atoms with Crippen LogP contribution in [0.5, 0.6) is 0 Å². The lowest BCUT2D eigenvalue weighted by Crippen LogP contribution is -2.24. The van der Waals surface area contributed by atoms with Crippen molar-refractivity contribution in [3.8, 4) is 0 Å². The van der Waals surface area contributed by atoms with E-state index < -0.39 is 23.5 Å². The fourth-order valence-electron chi connectivity index (χ4n) is 2.04. The molecule has 1 nitrogen and oxygen atoms in total. The zero-order valence-electron chi connectivity index (χ0n) is 10.5. The molecule has 0 amide bonds. The molecule has 0 saturated carbocycles. The van der Waals surface area contributed by atoms with Crippen LogP contribution >= 0.6 is 0 Å². The highest BCUT2D eigenvalue weighted by molar-refractivity contribution is 5.33. The molecule has 0 fully saturated rings. The first-order valence-corrected chi connectivity index (χ1v) is 6.06. The molecule has 0 radical (unpaired) electrons. The van der Waals surface area contributed by atoms with Gasteiger partial charge in [-0.05, 0) is 30.8 Å².